The van der Waals surface area contributed by atoms with Gasteiger partial charge in [-0.15, -0.1) is 0 Å². The Morgan fingerprint density at radius 2 is 2.04 bits per heavy atom. The van der Waals surface area contributed by atoms with Crippen molar-refractivity contribution in [2.24, 2.45) is 11.8 Å². The van der Waals surface area contributed by atoms with Crippen LogP contribution in [0.15, 0.2) is 42.7 Å². The van der Waals surface area contributed by atoms with Crippen molar-refractivity contribution in [3.05, 3.63) is 59.1 Å². The summed E-state index contributed by atoms with van der Waals surface area (Å²) in [6.45, 7) is 0.318. The third-order valence-electron chi connectivity index (χ3n) is 4.33. The fourth-order valence-corrected chi connectivity index (χ4v) is 3.18. The van der Waals surface area contributed by atoms with Gasteiger partial charge in [0.05, 0.1) is 30.3 Å². The molecule has 0 aliphatic heterocycles. The molecular formula is C18H17ClFN3O3. The maximum absolute atomic E-state index is 13.1. The maximum Gasteiger partial charge on any atom is 0.307 e. The lowest BCUT2D eigenvalue weighted by atomic mass is 9.82. The zero-order valence-corrected chi connectivity index (χ0v) is 14.5. The lowest BCUT2D eigenvalue weighted by molar-refractivity contribution is -0.146. The molecule has 0 saturated carbocycles. The molecule has 1 aromatic carbocycles. The summed E-state index contributed by atoms with van der Waals surface area (Å²) in [7, 11) is 0. The molecule has 2 aromatic rings. The lowest BCUT2D eigenvalue weighted by Crippen LogP contribution is -2.34. The summed E-state index contributed by atoms with van der Waals surface area (Å²) >= 11 is 6.00. The van der Waals surface area contributed by atoms with Gasteiger partial charge in [-0.25, -0.2) is 4.39 Å². The highest BCUT2D eigenvalue weighted by Crippen LogP contribution is 2.27. The number of hydrogen-bond acceptors (Lipinski definition) is 3. The smallest absolute Gasteiger partial charge is 0.307 e. The first-order valence-electron chi connectivity index (χ1n) is 8.09. The molecule has 8 heteroatoms. The second-order valence-corrected chi connectivity index (χ2v) is 6.55. The molecule has 0 bridgehead atoms. The van der Waals surface area contributed by atoms with Crippen LogP contribution in [0.1, 0.15) is 18.4 Å². The van der Waals surface area contributed by atoms with E-state index in [0.29, 0.717) is 35.7 Å². The molecule has 1 aromatic heterocycles. The Balaban J connectivity index is 1.67. The van der Waals surface area contributed by atoms with Crippen LogP contribution in [0.2, 0.25) is 5.02 Å². The third kappa shape index (κ3) is 4.11. The number of nitrogens with zero attached hydrogens (tertiary/aromatic N) is 2. The van der Waals surface area contributed by atoms with Crippen molar-refractivity contribution in [2.75, 3.05) is 5.32 Å². The molecule has 1 amide bonds. The Labute approximate surface area is 154 Å². The van der Waals surface area contributed by atoms with Gasteiger partial charge >= 0.3 is 5.97 Å². The second-order valence-electron chi connectivity index (χ2n) is 6.15. The number of aromatic nitrogens is 2. The molecule has 0 spiro atoms. The van der Waals surface area contributed by atoms with E-state index in [9.17, 15) is 19.1 Å². The first kappa shape index (κ1) is 18.1. The second kappa shape index (κ2) is 7.70. The van der Waals surface area contributed by atoms with Gasteiger partial charge in [-0.3, -0.25) is 14.3 Å². The fraction of sp³-hybridized carbons (Fsp3) is 0.278. The van der Waals surface area contributed by atoms with E-state index in [1.54, 1.807) is 23.0 Å². The van der Waals surface area contributed by atoms with E-state index in [0.717, 1.165) is 0 Å². The molecule has 1 aliphatic rings. The minimum Gasteiger partial charge on any atom is -0.481 e. The van der Waals surface area contributed by atoms with E-state index in [-0.39, 0.29) is 5.91 Å². The largest absolute Gasteiger partial charge is 0.481 e. The summed E-state index contributed by atoms with van der Waals surface area (Å²) in [4.78, 5) is 23.7. The highest BCUT2D eigenvalue weighted by Gasteiger charge is 2.34. The molecule has 0 radical (unpaired) electrons. The fourth-order valence-electron chi connectivity index (χ4n) is 2.95. The minimum absolute atomic E-state index is 0.296. The van der Waals surface area contributed by atoms with Crippen LogP contribution in [0.4, 0.5) is 10.1 Å². The summed E-state index contributed by atoms with van der Waals surface area (Å²) in [6.07, 6.45) is 7.43. The Morgan fingerprint density at radius 1 is 1.31 bits per heavy atom. The number of carboxylic acid groups (broad SMARTS) is 1. The van der Waals surface area contributed by atoms with Crippen LogP contribution in [0.5, 0.6) is 0 Å². The Morgan fingerprint density at radius 3 is 2.73 bits per heavy atom. The van der Waals surface area contributed by atoms with Crippen molar-refractivity contribution < 1.29 is 19.1 Å². The number of rotatable bonds is 5. The molecule has 3 rings (SSSR count). The number of benzene rings is 1. The number of anilines is 1. The molecule has 0 unspecified atom stereocenters. The maximum atomic E-state index is 13.1. The molecule has 2 atom stereocenters. The van der Waals surface area contributed by atoms with E-state index >= 15 is 0 Å². The highest BCUT2D eigenvalue weighted by molar-refractivity contribution is 6.31. The number of halogens is 2. The quantitative estimate of drug-likeness (QED) is 0.783. The molecule has 1 heterocycles. The van der Waals surface area contributed by atoms with Crippen molar-refractivity contribution in [1.29, 1.82) is 0 Å². The van der Waals surface area contributed by atoms with Crippen LogP contribution in [0.3, 0.4) is 0 Å². The van der Waals surface area contributed by atoms with Gasteiger partial charge in [0, 0.05) is 11.2 Å². The van der Waals surface area contributed by atoms with E-state index in [1.807, 2.05) is 6.08 Å². The van der Waals surface area contributed by atoms with Crippen LogP contribution < -0.4 is 5.32 Å². The number of carboxylic acids is 1. The van der Waals surface area contributed by atoms with Crippen molar-refractivity contribution in [3.8, 4) is 0 Å². The van der Waals surface area contributed by atoms with Gasteiger partial charge in [0.2, 0.25) is 5.91 Å². The standard InChI is InChI=1S/C18H17ClFN3O3/c19-16-7-12(20)6-5-11(16)9-23-10-13(8-21-23)22-17(24)14-3-1-2-4-15(14)18(25)26/h1-2,5-8,10,14-15H,3-4,9H2,(H,22,24)(H,25,26)/t14-,15-/m1/s1. The predicted molar refractivity (Wildman–Crippen MR) is 94.4 cm³/mol. The normalized spacial score (nSPS) is 19.3. The molecular weight excluding hydrogens is 361 g/mol. The van der Waals surface area contributed by atoms with Gasteiger partial charge in [-0.05, 0) is 30.5 Å². The monoisotopic (exact) mass is 377 g/mol. The Hall–Kier alpha value is -2.67. The Bertz CT molecular complexity index is 865. The summed E-state index contributed by atoms with van der Waals surface area (Å²) < 4.78 is 14.7. The predicted octanol–water partition coefficient (Wildman–Crippen LogP) is 3.33. The van der Waals surface area contributed by atoms with Crippen LogP contribution in [0, 0.1) is 17.7 Å². The summed E-state index contributed by atoms with van der Waals surface area (Å²) in [5.41, 5.74) is 1.16. The number of carbonyl (C=O) groups excluding carboxylic acids is 1. The van der Waals surface area contributed by atoms with Gasteiger partial charge in [-0.1, -0.05) is 29.8 Å². The van der Waals surface area contributed by atoms with Crippen molar-refractivity contribution >= 4 is 29.2 Å². The topological polar surface area (TPSA) is 84.2 Å². The average molecular weight is 378 g/mol. The number of carbonyl (C=O) groups is 2. The average Bonchev–Trinajstić information content (AvgIpc) is 3.04. The van der Waals surface area contributed by atoms with Crippen LogP contribution >= 0.6 is 11.6 Å². The summed E-state index contributed by atoms with van der Waals surface area (Å²) in [5, 5.41) is 16.4. The number of nitrogens with one attached hydrogen (secondary N) is 1. The molecule has 26 heavy (non-hydrogen) atoms. The number of hydrogen-bond donors (Lipinski definition) is 2. The van der Waals surface area contributed by atoms with Crippen molar-refractivity contribution in [1.82, 2.24) is 9.78 Å². The van der Waals surface area contributed by atoms with E-state index in [2.05, 4.69) is 10.4 Å². The molecule has 0 saturated heterocycles. The van der Waals surface area contributed by atoms with E-state index in [1.165, 1.54) is 18.3 Å². The highest BCUT2D eigenvalue weighted by atomic mass is 35.5. The van der Waals surface area contributed by atoms with Crippen molar-refractivity contribution in [3.63, 3.8) is 0 Å². The van der Waals surface area contributed by atoms with Crippen LogP contribution in [0.25, 0.3) is 0 Å². The SMILES string of the molecule is O=C(O)[C@@H]1CC=CC[C@H]1C(=O)Nc1cnn(Cc2ccc(F)cc2Cl)c1. The number of allylic oxidation sites excluding steroid dienone is 2. The molecule has 136 valence electrons. The zero-order chi connectivity index (χ0) is 18.7. The number of amides is 1. The lowest BCUT2D eigenvalue weighted by Gasteiger charge is -2.23. The van der Waals surface area contributed by atoms with Gasteiger partial charge in [0.25, 0.3) is 0 Å². The summed E-state index contributed by atoms with van der Waals surface area (Å²) in [5.74, 6) is -3.08. The molecule has 2 N–H and O–H groups in total. The van der Waals surface area contributed by atoms with Gasteiger partial charge in [0.15, 0.2) is 0 Å². The van der Waals surface area contributed by atoms with Crippen LogP contribution in [-0.4, -0.2) is 26.8 Å². The molecule has 1 aliphatic carbocycles. The minimum atomic E-state index is -0.976. The first-order chi connectivity index (χ1) is 12.4. The van der Waals surface area contributed by atoms with Gasteiger partial charge in [-0.2, -0.15) is 5.10 Å². The Kier molecular flexibility index (Phi) is 5.37. The van der Waals surface area contributed by atoms with Gasteiger partial charge in [0.1, 0.15) is 5.82 Å². The molecule has 6 nitrogen and oxygen atoms in total. The molecule has 0 fully saturated rings. The van der Waals surface area contributed by atoms with E-state index < -0.39 is 23.6 Å². The first-order valence-corrected chi connectivity index (χ1v) is 8.47. The van der Waals surface area contributed by atoms with E-state index in [4.69, 9.17) is 11.6 Å². The van der Waals surface area contributed by atoms with Crippen LogP contribution in [-0.2, 0) is 16.1 Å². The van der Waals surface area contributed by atoms with Gasteiger partial charge < -0.3 is 10.4 Å². The summed E-state index contributed by atoms with van der Waals surface area (Å²) in [6, 6.07) is 4.12. The third-order valence-corrected chi connectivity index (χ3v) is 4.69. The van der Waals surface area contributed by atoms with Crippen molar-refractivity contribution in [2.45, 2.75) is 19.4 Å². The number of aliphatic carboxylic acids is 1. The zero-order valence-electron chi connectivity index (χ0n) is 13.7.